The van der Waals surface area contributed by atoms with Crippen molar-refractivity contribution >= 4 is 39.6 Å². The first kappa shape index (κ1) is 20.2. The fourth-order valence-electron chi connectivity index (χ4n) is 5.01. The first-order chi connectivity index (χ1) is 15.3. The fraction of sp³-hybridized carbons (Fsp3) is 0.222. The number of carbonyl (C=O) groups is 1. The van der Waals surface area contributed by atoms with E-state index in [0.717, 1.165) is 39.6 Å². The molecule has 32 heavy (non-hydrogen) atoms. The number of nitrogens with zero attached hydrogens (tertiary/aromatic N) is 1. The average molecular weight is 425 g/mol. The lowest BCUT2D eigenvalue weighted by molar-refractivity contribution is -0.385. The van der Waals surface area contributed by atoms with Crippen LogP contribution in [0.4, 0.5) is 11.4 Å². The van der Waals surface area contributed by atoms with E-state index in [-0.39, 0.29) is 27.9 Å². The van der Waals surface area contributed by atoms with Gasteiger partial charge in [-0.15, -0.1) is 0 Å². The van der Waals surface area contributed by atoms with Gasteiger partial charge in [-0.05, 0) is 46.4 Å². The summed E-state index contributed by atoms with van der Waals surface area (Å²) in [4.78, 5) is 24.5. The van der Waals surface area contributed by atoms with Crippen LogP contribution in [-0.4, -0.2) is 16.7 Å². The van der Waals surface area contributed by atoms with Crippen LogP contribution in [0.1, 0.15) is 37.8 Å². The standard InChI is InChI=1S/C27H24N2O3/c1-27(2)15-20-21(13-12-18-8-4-6-10-23(18)29(31)32)28-22-14-11-17-7-3-5-9-19(17)25(22)26(20)24(30)16-27/h3-14,21,28H,15-16H2,1-2H3/b13-12+/t21-/m1/s1. The highest BCUT2D eigenvalue weighted by Gasteiger charge is 2.39. The second kappa shape index (κ2) is 7.45. The van der Waals surface area contributed by atoms with Crippen molar-refractivity contribution < 1.29 is 9.72 Å². The molecule has 1 aliphatic carbocycles. The van der Waals surface area contributed by atoms with Gasteiger partial charge in [-0.25, -0.2) is 0 Å². The minimum atomic E-state index is -0.368. The number of para-hydroxylation sites is 1. The lowest BCUT2D eigenvalue weighted by Gasteiger charge is -2.39. The van der Waals surface area contributed by atoms with Crippen LogP contribution in [0.2, 0.25) is 0 Å². The van der Waals surface area contributed by atoms with Gasteiger partial charge in [0, 0.05) is 29.3 Å². The van der Waals surface area contributed by atoms with Gasteiger partial charge in [-0.1, -0.05) is 62.4 Å². The van der Waals surface area contributed by atoms with Crippen molar-refractivity contribution in [3.63, 3.8) is 0 Å². The van der Waals surface area contributed by atoms with E-state index < -0.39 is 0 Å². The Morgan fingerprint density at radius 1 is 1.03 bits per heavy atom. The molecule has 0 bridgehead atoms. The molecule has 0 unspecified atom stereocenters. The topological polar surface area (TPSA) is 72.2 Å². The summed E-state index contributed by atoms with van der Waals surface area (Å²) >= 11 is 0. The molecular formula is C27H24N2O3. The van der Waals surface area contributed by atoms with E-state index in [1.54, 1.807) is 24.3 Å². The Hall–Kier alpha value is -3.73. The number of nitro benzene ring substituents is 1. The van der Waals surface area contributed by atoms with Crippen molar-refractivity contribution in [3.8, 4) is 0 Å². The number of Topliss-reactive ketones (excluding diaryl/α,β-unsaturated/α-hetero) is 1. The van der Waals surface area contributed by atoms with Crippen LogP contribution in [0, 0.1) is 15.5 Å². The van der Waals surface area contributed by atoms with Gasteiger partial charge in [0.05, 0.1) is 16.5 Å². The number of nitro groups is 1. The molecule has 5 nitrogen and oxygen atoms in total. The SMILES string of the molecule is CC1(C)CC(=O)C2=C(C1)[C@@H](/C=C/c1ccccc1[N+](=O)[O-])Nc1ccc3ccccc3c12. The first-order valence-electron chi connectivity index (χ1n) is 10.8. The molecular weight excluding hydrogens is 400 g/mol. The monoisotopic (exact) mass is 424 g/mol. The van der Waals surface area contributed by atoms with E-state index in [9.17, 15) is 14.9 Å². The summed E-state index contributed by atoms with van der Waals surface area (Å²) in [6.45, 7) is 4.24. The second-order valence-corrected chi connectivity index (χ2v) is 9.35. The summed E-state index contributed by atoms with van der Waals surface area (Å²) < 4.78 is 0. The van der Waals surface area contributed by atoms with Crippen LogP contribution < -0.4 is 5.32 Å². The van der Waals surface area contributed by atoms with E-state index in [0.29, 0.717) is 12.0 Å². The van der Waals surface area contributed by atoms with Crippen LogP contribution in [-0.2, 0) is 4.79 Å². The highest BCUT2D eigenvalue weighted by molar-refractivity contribution is 6.28. The van der Waals surface area contributed by atoms with E-state index in [4.69, 9.17) is 0 Å². The molecule has 0 fully saturated rings. The molecule has 0 spiro atoms. The van der Waals surface area contributed by atoms with Crippen LogP contribution >= 0.6 is 0 Å². The zero-order valence-corrected chi connectivity index (χ0v) is 18.1. The normalized spacial score (nSPS) is 19.6. The minimum Gasteiger partial charge on any atom is -0.375 e. The van der Waals surface area contributed by atoms with E-state index in [1.165, 1.54) is 6.07 Å². The van der Waals surface area contributed by atoms with Gasteiger partial charge in [-0.3, -0.25) is 14.9 Å². The number of hydrogen-bond donors (Lipinski definition) is 1. The largest absolute Gasteiger partial charge is 0.375 e. The molecule has 0 aromatic heterocycles. The summed E-state index contributed by atoms with van der Waals surface area (Å²) in [5.74, 6) is 0.166. The molecule has 1 heterocycles. The predicted molar refractivity (Wildman–Crippen MR) is 128 cm³/mol. The van der Waals surface area contributed by atoms with Crippen LogP contribution in [0.25, 0.3) is 22.4 Å². The van der Waals surface area contributed by atoms with Gasteiger partial charge in [0.2, 0.25) is 0 Å². The molecule has 0 amide bonds. The lowest BCUT2D eigenvalue weighted by atomic mass is 9.68. The van der Waals surface area contributed by atoms with E-state index >= 15 is 0 Å². The molecule has 0 saturated heterocycles. The number of nitrogens with one attached hydrogen (secondary N) is 1. The third kappa shape index (κ3) is 3.40. The van der Waals surface area contributed by atoms with Gasteiger partial charge in [-0.2, -0.15) is 0 Å². The van der Waals surface area contributed by atoms with Gasteiger partial charge < -0.3 is 5.32 Å². The molecule has 1 N–H and O–H groups in total. The van der Waals surface area contributed by atoms with Crippen molar-refractivity contribution in [1.82, 2.24) is 0 Å². The van der Waals surface area contributed by atoms with E-state index in [2.05, 4.69) is 37.4 Å². The number of fused-ring (bicyclic) bond motifs is 4. The maximum Gasteiger partial charge on any atom is 0.276 e. The Balaban J connectivity index is 1.67. The van der Waals surface area contributed by atoms with Crippen molar-refractivity contribution in [2.75, 3.05) is 5.32 Å². The van der Waals surface area contributed by atoms with Crippen LogP contribution in [0.3, 0.4) is 0 Å². The van der Waals surface area contributed by atoms with Crippen molar-refractivity contribution in [2.24, 2.45) is 5.41 Å². The maximum atomic E-state index is 13.4. The number of hydrogen-bond acceptors (Lipinski definition) is 4. The molecule has 2 aliphatic rings. The Bertz CT molecular complexity index is 1330. The second-order valence-electron chi connectivity index (χ2n) is 9.35. The lowest BCUT2D eigenvalue weighted by Crippen LogP contribution is -2.35. The predicted octanol–water partition coefficient (Wildman–Crippen LogP) is 6.40. The van der Waals surface area contributed by atoms with Crippen molar-refractivity contribution in [1.29, 1.82) is 0 Å². The van der Waals surface area contributed by atoms with Gasteiger partial charge in [0.15, 0.2) is 5.78 Å². The summed E-state index contributed by atoms with van der Waals surface area (Å²) in [6, 6.07) is 18.7. The van der Waals surface area contributed by atoms with Crippen LogP contribution in [0.15, 0.2) is 72.3 Å². The zero-order chi connectivity index (χ0) is 22.5. The number of ketones is 1. The summed E-state index contributed by atoms with van der Waals surface area (Å²) in [6.07, 6.45) is 5.04. The molecule has 160 valence electrons. The third-order valence-corrected chi connectivity index (χ3v) is 6.38. The maximum absolute atomic E-state index is 13.4. The minimum absolute atomic E-state index is 0.0696. The molecule has 3 aromatic carbocycles. The molecule has 3 aromatic rings. The molecule has 0 radical (unpaired) electrons. The number of benzene rings is 3. The first-order valence-corrected chi connectivity index (χ1v) is 10.8. The highest BCUT2D eigenvalue weighted by atomic mass is 16.6. The Morgan fingerprint density at radius 3 is 2.59 bits per heavy atom. The number of anilines is 1. The third-order valence-electron chi connectivity index (χ3n) is 6.38. The summed E-state index contributed by atoms with van der Waals surface area (Å²) in [5.41, 5.74) is 4.26. The molecule has 1 aliphatic heterocycles. The van der Waals surface area contributed by atoms with Crippen molar-refractivity contribution in [3.05, 3.63) is 93.6 Å². The molecule has 5 heteroatoms. The number of allylic oxidation sites excluding steroid dienone is 1. The summed E-state index contributed by atoms with van der Waals surface area (Å²) in [7, 11) is 0. The molecule has 5 rings (SSSR count). The van der Waals surface area contributed by atoms with Crippen LogP contribution in [0.5, 0.6) is 0 Å². The van der Waals surface area contributed by atoms with Gasteiger partial charge >= 0.3 is 0 Å². The smallest absolute Gasteiger partial charge is 0.276 e. The number of carbonyl (C=O) groups excluding carboxylic acids is 1. The van der Waals surface area contributed by atoms with E-state index in [1.807, 2.05) is 24.3 Å². The highest BCUT2D eigenvalue weighted by Crippen LogP contribution is 2.48. The molecule has 1 atom stereocenters. The average Bonchev–Trinajstić information content (AvgIpc) is 2.76. The fourth-order valence-corrected chi connectivity index (χ4v) is 5.01. The quantitative estimate of drug-likeness (QED) is 0.390. The van der Waals surface area contributed by atoms with Gasteiger partial charge in [0.25, 0.3) is 5.69 Å². The Kier molecular flexibility index (Phi) is 4.70. The Labute approximate surface area is 186 Å². The zero-order valence-electron chi connectivity index (χ0n) is 18.1. The summed E-state index contributed by atoms with van der Waals surface area (Å²) in [5, 5.41) is 17.2. The van der Waals surface area contributed by atoms with Gasteiger partial charge in [0.1, 0.15) is 0 Å². The van der Waals surface area contributed by atoms with Crippen molar-refractivity contribution in [2.45, 2.75) is 32.7 Å². The number of rotatable bonds is 3. The Morgan fingerprint density at radius 2 is 1.78 bits per heavy atom. The molecule has 0 saturated carbocycles.